The molecule has 0 fully saturated rings. The van der Waals surface area contributed by atoms with Crippen LogP contribution in [0.4, 0.5) is 5.82 Å². The Kier molecular flexibility index (Phi) is 3.87. The molecule has 1 aromatic carbocycles. The molecule has 0 aliphatic rings. The molecule has 1 amide bonds. The zero-order chi connectivity index (χ0) is 17.3. The standard InChI is InChI=1S/C16H15N5O3/c1-9-13(10-6-4-3-5-7-10)14(21(2)20-9)17-15(22)11-8-12(16(23)24)19-18-11/h3-8H,1-2H3,(H,17,22)(H,18,19)(H,23,24). The van der Waals surface area contributed by atoms with E-state index in [1.165, 1.54) is 6.07 Å². The van der Waals surface area contributed by atoms with Crippen molar-refractivity contribution < 1.29 is 14.7 Å². The predicted octanol–water partition coefficient (Wildman–Crippen LogP) is 2.07. The first-order valence-corrected chi connectivity index (χ1v) is 7.16. The van der Waals surface area contributed by atoms with Gasteiger partial charge in [0.15, 0.2) is 5.69 Å². The second-order valence-electron chi connectivity index (χ2n) is 5.22. The SMILES string of the molecule is Cc1nn(C)c(NC(=O)c2cc(C(=O)O)[nH]n2)c1-c1ccccc1. The van der Waals surface area contributed by atoms with Gasteiger partial charge in [0.2, 0.25) is 0 Å². The van der Waals surface area contributed by atoms with Crippen molar-refractivity contribution in [3.63, 3.8) is 0 Å². The molecule has 0 bridgehead atoms. The fraction of sp³-hybridized carbons (Fsp3) is 0.125. The zero-order valence-corrected chi connectivity index (χ0v) is 13.1. The maximum Gasteiger partial charge on any atom is 0.353 e. The van der Waals surface area contributed by atoms with Crippen LogP contribution in [0.1, 0.15) is 26.7 Å². The minimum Gasteiger partial charge on any atom is -0.477 e. The summed E-state index contributed by atoms with van der Waals surface area (Å²) in [6.45, 7) is 1.86. The molecule has 2 heterocycles. The average Bonchev–Trinajstić information content (AvgIpc) is 3.14. The predicted molar refractivity (Wildman–Crippen MR) is 86.9 cm³/mol. The fourth-order valence-corrected chi connectivity index (χ4v) is 2.47. The van der Waals surface area contributed by atoms with Crippen LogP contribution in [-0.4, -0.2) is 37.0 Å². The van der Waals surface area contributed by atoms with Crippen molar-refractivity contribution in [1.29, 1.82) is 0 Å². The molecule has 0 saturated carbocycles. The highest BCUT2D eigenvalue weighted by atomic mass is 16.4. The van der Waals surface area contributed by atoms with E-state index in [9.17, 15) is 9.59 Å². The van der Waals surface area contributed by atoms with Crippen LogP contribution < -0.4 is 5.32 Å². The van der Waals surface area contributed by atoms with Gasteiger partial charge in [-0.3, -0.25) is 14.6 Å². The van der Waals surface area contributed by atoms with Gasteiger partial charge < -0.3 is 10.4 Å². The summed E-state index contributed by atoms with van der Waals surface area (Å²) < 4.78 is 1.57. The largest absolute Gasteiger partial charge is 0.477 e. The number of nitrogens with one attached hydrogen (secondary N) is 2. The van der Waals surface area contributed by atoms with E-state index in [0.717, 1.165) is 16.8 Å². The fourth-order valence-electron chi connectivity index (χ4n) is 2.47. The Balaban J connectivity index is 1.95. The lowest BCUT2D eigenvalue weighted by Gasteiger charge is -2.08. The minimum absolute atomic E-state index is 0.00901. The van der Waals surface area contributed by atoms with E-state index in [4.69, 9.17) is 5.11 Å². The number of hydrogen-bond donors (Lipinski definition) is 3. The maximum absolute atomic E-state index is 12.4. The molecule has 3 N–H and O–H groups in total. The van der Waals surface area contributed by atoms with Crippen LogP contribution in [0, 0.1) is 6.92 Å². The molecule has 0 spiro atoms. The summed E-state index contributed by atoms with van der Waals surface area (Å²) in [5.41, 5.74) is 2.34. The number of carboxylic acids is 1. The zero-order valence-electron chi connectivity index (χ0n) is 13.1. The summed E-state index contributed by atoms with van der Waals surface area (Å²) >= 11 is 0. The number of aromatic amines is 1. The van der Waals surface area contributed by atoms with Gasteiger partial charge in [0.25, 0.3) is 5.91 Å². The molecule has 2 aromatic heterocycles. The lowest BCUT2D eigenvalue weighted by Crippen LogP contribution is -2.15. The van der Waals surface area contributed by atoms with Crippen molar-refractivity contribution in [2.24, 2.45) is 7.05 Å². The number of aromatic nitrogens is 4. The molecule has 122 valence electrons. The topological polar surface area (TPSA) is 113 Å². The summed E-state index contributed by atoms with van der Waals surface area (Å²) in [5.74, 6) is -1.18. The number of rotatable bonds is 4. The number of aromatic carboxylic acids is 1. The van der Waals surface area contributed by atoms with E-state index in [2.05, 4.69) is 20.6 Å². The van der Waals surface area contributed by atoms with Crippen molar-refractivity contribution in [2.75, 3.05) is 5.32 Å². The third-order valence-electron chi connectivity index (χ3n) is 3.56. The normalized spacial score (nSPS) is 10.6. The highest BCUT2D eigenvalue weighted by molar-refractivity contribution is 6.05. The number of benzene rings is 1. The Morgan fingerprint density at radius 1 is 1.25 bits per heavy atom. The summed E-state index contributed by atoms with van der Waals surface area (Å²) in [4.78, 5) is 23.2. The number of anilines is 1. The second kappa shape index (κ2) is 5.99. The van der Waals surface area contributed by atoms with Crippen LogP contribution in [0.2, 0.25) is 0 Å². The van der Waals surface area contributed by atoms with Crippen LogP contribution in [-0.2, 0) is 7.05 Å². The van der Waals surface area contributed by atoms with Crippen molar-refractivity contribution >= 4 is 17.7 Å². The van der Waals surface area contributed by atoms with Gasteiger partial charge in [-0.2, -0.15) is 10.2 Å². The van der Waals surface area contributed by atoms with Gasteiger partial charge in [-0.15, -0.1) is 0 Å². The first-order chi connectivity index (χ1) is 11.5. The highest BCUT2D eigenvalue weighted by Crippen LogP contribution is 2.31. The number of nitrogens with zero attached hydrogens (tertiary/aromatic N) is 3. The van der Waals surface area contributed by atoms with Crippen molar-refractivity contribution in [2.45, 2.75) is 6.92 Å². The smallest absolute Gasteiger partial charge is 0.353 e. The van der Waals surface area contributed by atoms with Gasteiger partial charge in [-0.05, 0) is 12.5 Å². The molecule has 3 aromatic rings. The monoisotopic (exact) mass is 325 g/mol. The van der Waals surface area contributed by atoms with Crippen molar-refractivity contribution in [1.82, 2.24) is 20.0 Å². The number of aryl methyl sites for hydroxylation is 2. The van der Waals surface area contributed by atoms with E-state index in [0.29, 0.717) is 5.82 Å². The Morgan fingerprint density at radius 2 is 1.96 bits per heavy atom. The van der Waals surface area contributed by atoms with Crippen LogP contribution in [0.25, 0.3) is 11.1 Å². The second-order valence-corrected chi connectivity index (χ2v) is 5.22. The lowest BCUT2D eigenvalue weighted by molar-refractivity contribution is 0.0690. The first-order valence-electron chi connectivity index (χ1n) is 7.16. The van der Waals surface area contributed by atoms with Gasteiger partial charge in [-0.25, -0.2) is 4.79 Å². The van der Waals surface area contributed by atoms with Crippen LogP contribution >= 0.6 is 0 Å². The Morgan fingerprint density at radius 3 is 2.58 bits per heavy atom. The Hall–Kier alpha value is -3.42. The number of carboxylic acid groups (broad SMARTS) is 1. The number of hydrogen-bond acceptors (Lipinski definition) is 4. The van der Waals surface area contributed by atoms with Gasteiger partial charge in [0.1, 0.15) is 11.5 Å². The van der Waals surface area contributed by atoms with Gasteiger partial charge >= 0.3 is 5.97 Å². The third kappa shape index (κ3) is 2.76. The van der Waals surface area contributed by atoms with E-state index in [-0.39, 0.29) is 11.4 Å². The molecule has 8 nitrogen and oxygen atoms in total. The number of carbonyl (C=O) groups excluding carboxylic acids is 1. The summed E-state index contributed by atoms with van der Waals surface area (Å²) in [5, 5.41) is 22.0. The molecule has 0 radical (unpaired) electrons. The first kappa shape index (κ1) is 15.5. The highest BCUT2D eigenvalue weighted by Gasteiger charge is 2.20. The molecule has 8 heteroatoms. The molecule has 0 aliphatic heterocycles. The maximum atomic E-state index is 12.4. The van der Waals surface area contributed by atoms with Crippen LogP contribution in [0.5, 0.6) is 0 Å². The molecule has 0 saturated heterocycles. The van der Waals surface area contributed by atoms with E-state index in [1.807, 2.05) is 37.3 Å². The average molecular weight is 325 g/mol. The third-order valence-corrected chi connectivity index (χ3v) is 3.56. The van der Waals surface area contributed by atoms with Gasteiger partial charge in [-0.1, -0.05) is 30.3 Å². The molecular weight excluding hydrogens is 310 g/mol. The lowest BCUT2D eigenvalue weighted by atomic mass is 10.1. The van der Waals surface area contributed by atoms with Crippen molar-refractivity contribution in [3.05, 3.63) is 53.5 Å². The number of H-pyrrole nitrogens is 1. The number of carbonyl (C=O) groups is 2. The Labute approximate surface area is 137 Å². The molecule has 0 atom stereocenters. The van der Waals surface area contributed by atoms with Gasteiger partial charge in [0, 0.05) is 18.7 Å². The molecule has 3 rings (SSSR count). The summed E-state index contributed by atoms with van der Waals surface area (Å²) in [6, 6.07) is 10.8. The molecular formula is C16H15N5O3. The number of amides is 1. The van der Waals surface area contributed by atoms with E-state index in [1.54, 1.807) is 11.7 Å². The molecule has 24 heavy (non-hydrogen) atoms. The summed E-state index contributed by atoms with van der Waals surface area (Å²) in [6.07, 6.45) is 0. The van der Waals surface area contributed by atoms with E-state index < -0.39 is 11.9 Å². The molecule has 0 aliphatic carbocycles. The minimum atomic E-state index is -1.18. The quantitative estimate of drug-likeness (QED) is 0.679. The van der Waals surface area contributed by atoms with Gasteiger partial charge in [0.05, 0.1) is 5.69 Å². The van der Waals surface area contributed by atoms with Crippen molar-refractivity contribution in [3.8, 4) is 11.1 Å². The van der Waals surface area contributed by atoms with Crippen LogP contribution in [0.3, 0.4) is 0 Å². The van der Waals surface area contributed by atoms with Crippen LogP contribution in [0.15, 0.2) is 36.4 Å². The Bertz CT molecular complexity index is 911. The van der Waals surface area contributed by atoms with E-state index >= 15 is 0 Å². The molecule has 0 unspecified atom stereocenters. The summed E-state index contributed by atoms with van der Waals surface area (Å²) in [7, 11) is 1.72.